The Morgan fingerprint density at radius 1 is 0.872 bits per heavy atom. The molecule has 0 spiro atoms. The summed E-state index contributed by atoms with van der Waals surface area (Å²) in [7, 11) is 4.65. The summed E-state index contributed by atoms with van der Waals surface area (Å²) >= 11 is 5.62. The molecule has 0 aliphatic carbocycles. The third-order valence-electron chi connectivity index (χ3n) is 6.10. The van der Waals surface area contributed by atoms with Crippen molar-refractivity contribution in [2.75, 3.05) is 63.0 Å². The van der Waals surface area contributed by atoms with Gasteiger partial charge in [0.2, 0.25) is 22.8 Å². The van der Waals surface area contributed by atoms with Crippen molar-refractivity contribution in [3.63, 3.8) is 0 Å². The van der Waals surface area contributed by atoms with Crippen LogP contribution in [0.25, 0.3) is 0 Å². The number of thiocarbonyl (C=S) groups is 1. The minimum Gasteiger partial charge on any atom is -0.493 e. The summed E-state index contributed by atoms with van der Waals surface area (Å²) in [5.41, 5.74) is 3.27. The summed E-state index contributed by atoms with van der Waals surface area (Å²) in [6.45, 7) is 6.56. The van der Waals surface area contributed by atoms with Crippen molar-refractivity contribution in [1.29, 1.82) is 0 Å². The molecule has 0 atom stereocenters. The van der Waals surface area contributed by atoms with E-state index in [0.29, 0.717) is 61.0 Å². The first kappa shape index (κ1) is 27.8. The molecular formula is C27H32FN7O3S. The van der Waals surface area contributed by atoms with Crippen LogP contribution in [-0.4, -0.2) is 73.4 Å². The fourth-order valence-electron chi connectivity index (χ4n) is 4.29. The molecule has 1 fully saturated rings. The number of aromatic nitrogens is 2. The van der Waals surface area contributed by atoms with Crippen molar-refractivity contribution in [3.8, 4) is 17.2 Å². The van der Waals surface area contributed by atoms with E-state index in [1.807, 2.05) is 19.9 Å². The van der Waals surface area contributed by atoms with Gasteiger partial charge in [0.1, 0.15) is 5.82 Å². The van der Waals surface area contributed by atoms with Gasteiger partial charge in [-0.05, 0) is 56.4 Å². The van der Waals surface area contributed by atoms with Gasteiger partial charge in [0.25, 0.3) is 0 Å². The Morgan fingerprint density at radius 2 is 1.46 bits per heavy atom. The van der Waals surface area contributed by atoms with Crippen LogP contribution < -0.4 is 29.7 Å². The van der Waals surface area contributed by atoms with Crippen LogP contribution in [0.4, 0.5) is 21.7 Å². The molecule has 2 heterocycles. The molecule has 0 radical (unpaired) electrons. The van der Waals surface area contributed by atoms with E-state index >= 15 is 0 Å². The highest BCUT2D eigenvalue weighted by Crippen LogP contribution is 2.40. The summed E-state index contributed by atoms with van der Waals surface area (Å²) in [5.74, 6) is 2.16. The minimum atomic E-state index is -0.252. The Morgan fingerprint density at radius 3 is 2.00 bits per heavy atom. The van der Waals surface area contributed by atoms with Gasteiger partial charge >= 0.3 is 0 Å². The lowest BCUT2D eigenvalue weighted by molar-refractivity contribution is 0.324. The normalized spacial score (nSPS) is 13.6. The van der Waals surface area contributed by atoms with Crippen molar-refractivity contribution < 1.29 is 18.6 Å². The lowest BCUT2D eigenvalue weighted by Crippen LogP contribution is -2.51. The number of methoxy groups -OCH3 is 3. The van der Waals surface area contributed by atoms with Gasteiger partial charge in [-0.3, -0.25) is 5.32 Å². The number of piperazine rings is 1. The van der Waals surface area contributed by atoms with Crippen molar-refractivity contribution in [1.82, 2.24) is 14.9 Å². The smallest absolute Gasteiger partial charge is 0.229 e. The Labute approximate surface area is 232 Å². The molecule has 0 unspecified atom stereocenters. The third kappa shape index (κ3) is 7.02. The molecule has 0 bridgehead atoms. The van der Waals surface area contributed by atoms with Crippen LogP contribution >= 0.6 is 12.2 Å². The molecule has 0 amide bonds. The lowest BCUT2D eigenvalue weighted by Gasteiger charge is -2.37. The Balaban J connectivity index is 1.57. The molecule has 1 aliphatic heterocycles. The van der Waals surface area contributed by atoms with E-state index in [0.717, 1.165) is 17.1 Å². The van der Waals surface area contributed by atoms with Crippen LogP contribution in [0.15, 0.2) is 47.5 Å². The monoisotopic (exact) mass is 553 g/mol. The fraction of sp³-hybridized carbons (Fsp3) is 0.333. The highest BCUT2D eigenvalue weighted by Gasteiger charge is 2.22. The highest BCUT2D eigenvalue weighted by atomic mass is 32.1. The zero-order valence-corrected chi connectivity index (χ0v) is 23.4. The second-order valence-electron chi connectivity index (χ2n) is 8.83. The number of aryl methyl sites for hydroxylation is 2. The maximum absolute atomic E-state index is 13.4. The molecule has 12 heteroatoms. The van der Waals surface area contributed by atoms with Crippen LogP contribution in [0.3, 0.4) is 0 Å². The van der Waals surface area contributed by atoms with Crippen LogP contribution in [0, 0.1) is 19.7 Å². The fourth-order valence-corrected chi connectivity index (χ4v) is 4.49. The Kier molecular flexibility index (Phi) is 8.97. The van der Waals surface area contributed by atoms with Crippen molar-refractivity contribution in [2.24, 2.45) is 4.99 Å². The van der Waals surface area contributed by atoms with Gasteiger partial charge in [-0.1, -0.05) is 0 Å². The van der Waals surface area contributed by atoms with Crippen LogP contribution in [-0.2, 0) is 0 Å². The standard InChI is InChI=1S/C27H32FN7O3S/c1-17-14-18(2)30-25(29-17)32-26(35-12-10-34(11-13-35)21-8-6-19(28)7-9-21)33-27(39)31-20-15-22(36-3)24(38-5)23(16-20)37-4/h6-9,14-16H,10-13H2,1-5H3,(H2,29,30,31,32,33,39). The lowest BCUT2D eigenvalue weighted by atomic mass is 10.2. The molecule has 2 N–H and O–H groups in total. The summed E-state index contributed by atoms with van der Waals surface area (Å²) in [6, 6.07) is 11.9. The van der Waals surface area contributed by atoms with Gasteiger partial charge in [-0.2, -0.15) is 4.99 Å². The Hall–Kier alpha value is -4.19. The SMILES string of the molecule is COc1cc(NC(=S)/N=C(\Nc2nc(C)cc(C)n2)N2CCN(c3ccc(F)cc3)CC2)cc(OC)c1OC. The highest BCUT2D eigenvalue weighted by molar-refractivity contribution is 7.80. The molecule has 2 aromatic carbocycles. The topological polar surface area (TPSA) is 96.4 Å². The molecule has 1 aliphatic rings. The van der Waals surface area contributed by atoms with Gasteiger partial charge in [0, 0.05) is 61.1 Å². The minimum absolute atomic E-state index is 0.220. The molecule has 4 rings (SSSR count). The van der Waals surface area contributed by atoms with E-state index in [9.17, 15) is 4.39 Å². The van der Waals surface area contributed by atoms with Crippen LogP contribution in [0.1, 0.15) is 11.4 Å². The Bertz CT molecular complexity index is 1300. The zero-order chi connectivity index (χ0) is 27.9. The largest absolute Gasteiger partial charge is 0.493 e. The molecule has 1 aromatic heterocycles. The summed E-state index contributed by atoms with van der Waals surface area (Å²) < 4.78 is 29.7. The second kappa shape index (κ2) is 12.6. The number of nitrogens with one attached hydrogen (secondary N) is 2. The van der Waals surface area contributed by atoms with Crippen LogP contribution in [0.5, 0.6) is 17.2 Å². The predicted octanol–water partition coefficient (Wildman–Crippen LogP) is 4.25. The molecule has 0 saturated carbocycles. The molecular weight excluding hydrogens is 521 g/mol. The van der Waals surface area contributed by atoms with E-state index < -0.39 is 0 Å². The first-order valence-electron chi connectivity index (χ1n) is 12.3. The number of rotatable bonds is 6. The third-order valence-corrected chi connectivity index (χ3v) is 6.29. The van der Waals surface area contributed by atoms with Gasteiger partial charge < -0.3 is 29.3 Å². The number of hydrogen-bond acceptors (Lipinski definition) is 7. The first-order chi connectivity index (χ1) is 18.8. The average molecular weight is 554 g/mol. The molecule has 1 saturated heterocycles. The predicted molar refractivity (Wildman–Crippen MR) is 155 cm³/mol. The van der Waals surface area contributed by atoms with E-state index in [1.165, 1.54) is 12.1 Å². The first-order valence-corrected chi connectivity index (χ1v) is 12.7. The molecule has 3 aromatic rings. The number of ether oxygens (including phenoxy) is 3. The zero-order valence-electron chi connectivity index (χ0n) is 22.6. The van der Waals surface area contributed by atoms with E-state index in [4.69, 9.17) is 31.4 Å². The number of nitrogens with zero attached hydrogens (tertiary/aromatic N) is 5. The quantitative estimate of drug-likeness (QED) is 0.262. The van der Waals surface area contributed by atoms with Gasteiger partial charge in [-0.25, -0.2) is 14.4 Å². The van der Waals surface area contributed by atoms with Gasteiger partial charge in [0.05, 0.1) is 21.3 Å². The number of guanidine groups is 1. The molecule has 206 valence electrons. The summed E-state index contributed by atoms with van der Waals surface area (Å²) in [4.78, 5) is 18.0. The molecule has 10 nitrogen and oxygen atoms in total. The second-order valence-corrected chi connectivity index (χ2v) is 9.22. The van der Waals surface area contributed by atoms with Crippen molar-refractivity contribution in [2.45, 2.75) is 13.8 Å². The van der Waals surface area contributed by atoms with Crippen LogP contribution in [0.2, 0.25) is 0 Å². The number of aliphatic imine (C=N–C) groups is 1. The average Bonchev–Trinajstić information content (AvgIpc) is 2.92. The number of anilines is 3. The van der Waals surface area contributed by atoms with Gasteiger partial charge in [0.15, 0.2) is 11.5 Å². The maximum atomic E-state index is 13.4. The maximum Gasteiger partial charge on any atom is 0.229 e. The van der Waals surface area contributed by atoms with E-state index in [1.54, 1.807) is 45.6 Å². The number of halogens is 1. The van der Waals surface area contributed by atoms with Crippen molar-refractivity contribution >= 4 is 40.6 Å². The van der Waals surface area contributed by atoms with Crippen molar-refractivity contribution in [3.05, 3.63) is 59.7 Å². The number of hydrogen-bond donors (Lipinski definition) is 2. The van der Waals surface area contributed by atoms with E-state index in [-0.39, 0.29) is 10.9 Å². The van der Waals surface area contributed by atoms with E-state index in [2.05, 4.69) is 30.4 Å². The van der Waals surface area contributed by atoms with Gasteiger partial charge in [-0.15, -0.1) is 0 Å². The summed E-state index contributed by atoms with van der Waals surface area (Å²) in [6.07, 6.45) is 0. The number of benzene rings is 2. The molecule has 39 heavy (non-hydrogen) atoms. The summed E-state index contributed by atoms with van der Waals surface area (Å²) in [5, 5.41) is 6.62.